The molecule has 1 aromatic heterocycles. The number of nitrogens with zero attached hydrogens (tertiary/aromatic N) is 3. The first-order valence-corrected chi connectivity index (χ1v) is 10.5. The van der Waals surface area contributed by atoms with Crippen molar-refractivity contribution in [3.05, 3.63) is 51.5 Å². The monoisotopic (exact) mass is 387 g/mol. The number of hydrogen-bond acceptors (Lipinski definition) is 4. The fraction of sp³-hybridized carbons (Fsp3) is 0.524. The van der Waals surface area contributed by atoms with Crippen molar-refractivity contribution in [2.75, 3.05) is 34.2 Å². The summed E-state index contributed by atoms with van der Waals surface area (Å²) in [4.78, 5) is 12.4. The third-order valence-corrected chi connectivity index (χ3v) is 5.87. The Balaban J connectivity index is 1.86. The van der Waals surface area contributed by atoms with Gasteiger partial charge in [-0.15, -0.1) is 11.3 Å². The van der Waals surface area contributed by atoms with Crippen LogP contribution in [0.15, 0.2) is 35.5 Å². The van der Waals surface area contributed by atoms with Gasteiger partial charge in [-0.05, 0) is 38.1 Å². The van der Waals surface area contributed by atoms with Gasteiger partial charge in [0, 0.05) is 37.6 Å². The smallest absolute Gasteiger partial charge is 0.191 e. The fourth-order valence-electron chi connectivity index (χ4n) is 2.90. The van der Waals surface area contributed by atoms with Crippen LogP contribution in [0.3, 0.4) is 0 Å². The van der Waals surface area contributed by atoms with E-state index < -0.39 is 0 Å². The van der Waals surface area contributed by atoms with Crippen molar-refractivity contribution >= 4 is 17.3 Å². The van der Waals surface area contributed by atoms with Gasteiger partial charge >= 0.3 is 0 Å². The average molecular weight is 388 g/mol. The molecule has 2 rings (SSSR count). The number of nitrogens with one attached hydrogen (secondary N) is 2. The number of benzene rings is 1. The van der Waals surface area contributed by atoms with Crippen LogP contribution in [0.2, 0.25) is 0 Å². The summed E-state index contributed by atoms with van der Waals surface area (Å²) in [6.45, 7) is 5.98. The Labute approximate surface area is 167 Å². The van der Waals surface area contributed by atoms with Gasteiger partial charge in [0.1, 0.15) is 0 Å². The first-order valence-electron chi connectivity index (χ1n) is 9.70. The van der Waals surface area contributed by atoms with Crippen LogP contribution in [0.1, 0.15) is 40.9 Å². The van der Waals surface area contributed by atoms with Gasteiger partial charge in [-0.1, -0.05) is 38.1 Å². The summed E-state index contributed by atoms with van der Waals surface area (Å²) in [5.41, 5.74) is 2.69. The summed E-state index contributed by atoms with van der Waals surface area (Å²) >= 11 is 1.80. The van der Waals surface area contributed by atoms with E-state index in [1.165, 1.54) is 21.0 Å². The molecular formula is C21H33N5S. The highest BCUT2D eigenvalue weighted by Gasteiger charge is 2.14. The first kappa shape index (κ1) is 21.4. The number of aliphatic imine (C=N–C) groups is 1. The Kier molecular flexibility index (Phi) is 8.75. The zero-order chi connectivity index (χ0) is 19.6. The lowest BCUT2D eigenvalue weighted by atomic mass is 10.0. The SMILES string of the molecule is CCc1ccc(C(CNC(=NC)NCCc2ncc(CC)s2)N(C)C)cc1. The predicted octanol–water partition coefficient (Wildman–Crippen LogP) is 3.28. The lowest BCUT2D eigenvalue weighted by Gasteiger charge is -2.26. The Morgan fingerprint density at radius 2 is 1.89 bits per heavy atom. The van der Waals surface area contributed by atoms with E-state index in [9.17, 15) is 0 Å². The maximum atomic E-state index is 4.47. The quantitative estimate of drug-likeness (QED) is 0.512. The molecule has 0 saturated carbocycles. The standard InChI is InChI=1S/C21H33N5S/c1-6-16-8-10-17(11-9-16)19(26(4)5)15-25-21(22-3)23-13-12-20-24-14-18(7-2)27-20/h8-11,14,19H,6-7,12-13,15H2,1-5H3,(H2,22,23,25). The van der Waals surface area contributed by atoms with Crippen LogP contribution in [-0.4, -0.2) is 50.1 Å². The zero-order valence-corrected chi connectivity index (χ0v) is 18.1. The minimum atomic E-state index is 0.292. The van der Waals surface area contributed by atoms with Crippen LogP contribution >= 0.6 is 11.3 Å². The third-order valence-electron chi connectivity index (χ3n) is 4.66. The summed E-state index contributed by atoms with van der Waals surface area (Å²) < 4.78 is 0. The maximum Gasteiger partial charge on any atom is 0.191 e. The molecule has 0 amide bonds. The first-order chi connectivity index (χ1) is 13.1. The highest BCUT2D eigenvalue weighted by Crippen LogP contribution is 2.18. The number of aromatic nitrogens is 1. The molecule has 6 heteroatoms. The van der Waals surface area contributed by atoms with E-state index in [1.807, 2.05) is 13.2 Å². The van der Waals surface area contributed by atoms with Gasteiger partial charge in [-0.3, -0.25) is 4.99 Å². The Hall–Kier alpha value is -1.92. The van der Waals surface area contributed by atoms with E-state index in [1.54, 1.807) is 11.3 Å². The highest BCUT2D eigenvalue weighted by molar-refractivity contribution is 7.11. The molecule has 0 aliphatic rings. The molecule has 0 aliphatic heterocycles. The Morgan fingerprint density at radius 1 is 1.15 bits per heavy atom. The average Bonchev–Trinajstić information content (AvgIpc) is 3.15. The molecule has 0 aliphatic carbocycles. The Bertz CT molecular complexity index is 706. The van der Waals surface area contributed by atoms with Crippen molar-refractivity contribution in [1.29, 1.82) is 0 Å². The van der Waals surface area contributed by atoms with E-state index in [0.29, 0.717) is 6.04 Å². The maximum absolute atomic E-state index is 4.47. The number of rotatable bonds is 9. The second kappa shape index (κ2) is 11.0. The largest absolute Gasteiger partial charge is 0.356 e. The molecule has 0 saturated heterocycles. The number of hydrogen-bond donors (Lipinski definition) is 2. The van der Waals surface area contributed by atoms with Crippen LogP contribution in [0.5, 0.6) is 0 Å². The zero-order valence-electron chi connectivity index (χ0n) is 17.2. The summed E-state index contributed by atoms with van der Waals surface area (Å²) in [6, 6.07) is 9.19. The van der Waals surface area contributed by atoms with Crippen molar-refractivity contribution in [1.82, 2.24) is 20.5 Å². The lowest BCUT2D eigenvalue weighted by Crippen LogP contribution is -2.42. The van der Waals surface area contributed by atoms with E-state index in [4.69, 9.17) is 0 Å². The normalized spacial score (nSPS) is 13.0. The fourth-order valence-corrected chi connectivity index (χ4v) is 3.76. The van der Waals surface area contributed by atoms with Gasteiger partial charge in [0.05, 0.1) is 11.0 Å². The van der Waals surface area contributed by atoms with E-state index in [0.717, 1.165) is 38.3 Å². The van der Waals surface area contributed by atoms with Crippen LogP contribution in [0.25, 0.3) is 0 Å². The van der Waals surface area contributed by atoms with Gasteiger partial charge in [0.2, 0.25) is 0 Å². The molecule has 148 valence electrons. The molecule has 2 N–H and O–H groups in total. The van der Waals surface area contributed by atoms with Gasteiger partial charge in [0.25, 0.3) is 0 Å². The molecule has 2 aromatic rings. The summed E-state index contributed by atoms with van der Waals surface area (Å²) in [5, 5.41) is 8.03. The molecular weight excluding hydrogens is 354 g/mol. The summed E-state index contributed by atoms with van der Waals surface area (Å²) in [7, 11) is 6.04. The molecule has 5 nitrogen and oxygen atoms in total. The van der Waals surface area contributed by atoms with Gasteiger partial charge in [-0.2, -0.15) is 0 Å². The minimum Gasteiger partial charge on any atom is -0.356 e. The van der Waals surface area contributed by atoms with Gasteiger partial charge < -0.3 is 15.5 Å². The van der Waals surface area contributed by atoms with E-state index >= 15 is 0 Å². The second-order valence-corrected chi connectivity index (χ2v) is 7.98. The van der Waals surface area contributed by atoms with Crippen molar-refractivity contribution in [2.24, 2.45) is 4.99 Å². The van der Waals surface area contributed by atoms with Gasteiger partial charge in [0.15, 0.2) is 5.96 Å². The van der Waals surface area contributed by atoms with E-state index in [2.05, 4.69) is 77.7 Å². The molecule has 1 atom stereocenters. The molecule has 1 aromatic carbocycles. The molecule has 0 bridgehead atoms. The van der Waals surface area contributed by atoms with Crippen LogP contribution in [-0.2, 0) is 19.3 Å². The minimum absolute atomic E-state index is 0.292. The van der Waals surface area contributed by atoms with Crippen molar-refractivity contribution in [3.8, 4) is 0 Å². The number of aryl methyl sites for hydroxylation is 2. The van der Waals surface area contributed by atoms with Crippen LogP contribution < -0.4 is 10.6 Å². The number of thiazole rings is 1. The molecule has 0 spiro atoms. The summed E-state index contributed by atoms with van der Waals surface area (Å²) in [5.74, 6) is 0.833. The van der Waals surface area contributed by atoms with Crippen molar-refractivity contribution in [2.45, 2.75) is 39.2 Å². The molecule has 1 unspecified atom stereocenters. The summed E-state index contributed by atoms with van der Waals surface area (Å²) in [6.07, 6.45) is 5.03. The van der Waals surface area contributed by atoms with Crippen LogP contribution in [0, 0.1) is 0 Å². The van der Waals surface area contributed by atoms with Gasteiger partial charge in [-0.25, -0.2) is 4.98 Å². The van der Waals surface area contributed by atoms with Crippen molar-refractivity contribution < 1.29 is 0 Å². The van der Waals surface area contributed by atoms with Crippen molar-refractivity contribution in [3.63, 3.8) is 0 Å². The lowest BCUT2D eigenvalue weighted by molar-refractivity contribution is 0.298. The highest BCUT2D eigenvalue weighted by atomic mass is 32.1. The molecule has 1 heterocycles. The Morgan fingerprint density at radius 3 is 2.44 bits per heavy atom. The van der Waals surface area contributed by atoms with Crippen LogP contribution in [0.4, 0.5) is 0 Å². The third kappa shape index (κ3) is 6.63. The molecule has 0 radical (unpaired) electrons. The van der Waals surface area contributed by atoms with E-state index in [-0.39, 0.29) is 0 Å². The molecule has 0 fully saturated rings. The molecule has 27 heavy (non-hydrogen) atoms. The predicted molar refractivity (Wildman–Crippen MR) is 117 cm³/mol. The second-order valence-electron chi connectivity index (χ2n) is 6.78. The number of likely N-dealkylation sites (N-methyl/N-ethyl adjacent to an activating group) is 1. The number of guanidine groups is 1. The topological polar surface area (TPSA) is 52.6 Å².